The predicted octanol–water partition coefficient (Wildman–Crippen LogP) is 13.3. The second-order valence-corrected chi connectivity index (χ2v) is 15.7. The van der Waals surface area contributed by atoms with E-state index in [0.29, 0.717) is 19.4 Å². The second kappa shape index (κ2) is 43.8. The molecule has 0 aromatic rings. The molecule has 0 heterocycles. The molecule has 0 bridgehead atoms. The van der Waals surface area contributed by atoms with Gasteiger partial charge in [0.2, 0.25) is 5.91 Å². The first-order valence-corrected chi connectivity index (χ1v) is 23.3. The number of hydrogen-bond donors (Lipinski definition) is 3. The quantitative estimate of drug-likeness (QED) is 0.0327. The molecule has 0 aliphatic carbocycles. The van der Waals surface area contributed by atoms with E-state index in [1.165, 1.54) is 141 Å². The van der Waals surface area contributed by atoms with E-state index < -0.39 is 12.1 Å². The standard InChI is InChI=1S/C48H89NO5/c1-3-5-7-9-11-13-14-22-26-30-34-38-42-48(53)54-43-39-35-31-27-23-20-18-16-15-17-19-21-25-29-33-37-41-47(52)49-45(44-50)46(51)40-36-32-28-24-12-10-8-6-4-2/h11,13,15,17,36,40,45-46,50-51H,3-10,12,14,16,18-35,37-39,41-44H2,1-2H3,(H,49,52)/b13-11-,17-15-,40-36+. The van der Waals surface area contributed by atoms with Crippen molar-refractivity contribution in [3.05, 3.63) is 36.5 Å². The SMILES string of the molecule is CCCCC/C=C\CCCCCCCC(=O)OCCCCCCCCC/C=C\CCCCCCCC(=O)NC(CO)C(O)/C=C/CCCCCCCCC. The number of esters is 1. The monoisotopic (exact) mass is 760 g/mol. The number of aliphatic hydroxyl groups is 2. The number of unbranched alkanes of at least 4 members (excludes halogenated alkanes) is 27. The van der Waals surface area contributed by atoms with Crippen LogP contribution in [0.3, 0.4) is 0 Å². The van der Waals surface area contributed by atoms with Crippen molar-refractivity contribution >= 4 is 11.9 Å². The van der Waals surface area contributed by atoms with Crippen LogP contribution in [-0.4, -0.2) is 47.4 Å². The number of aliphatic hydroxyl groups excluding tert-OH is 2. The van der Waals surface area contributed by atoms with Gasteiger partial charge in [-0.2, -0.15) is 0 Å². The summed E-state index contributed by atoms with van der Waals surface area (Å²) in [6.45, 7) is 4.80. The Balaban J connectivity index is 3.49. The molecule has 0 radical (unpaired) electrons. The van der Waals surface area contributed by atoms with Gasteiger partial charge in [-0.1, -0.05) is 172 Å². The highest BCUT2D eigenvalue weighted by Gasteiger charge is 2.18. The normalized spacial score (nSPS) is 13.0. The van der Waals surface area contributed by atoms with Crippen molar-refractivity contribution in [3.8, 4) is 0 Å². The van der Waals surface area contributed by atoms with E-state index >= 15 is 0 Å². The van der Waals surface area contributed by atoms with Crippen LogP contribution in [0, 0.1) is 0 Å². The van der Waals surface area contributed by atoms with Gasteiger partial charge in [0.15, 0.2) is 0 Å². The van der Waals surface area contributed by atoms with Gasteiger partial charge in [-0.3, -0.25) is 9.59 Å². The zero-order valence-electron chi connectivity index (χ0n) is 35.7. The average Bonchev–Trinajstić information content (AvgIpc) is 3.17. The minimum atomic E-state index is -0.852. The largest absolute Gasteiger partial charge is 0.466 e. The van der Waals surface area contributed by atoms with Crippen molar-refractivity contribution in [2.45, 2.75) is 244 Å². The minimum Gasteiger partial charge on any atom is -0.466 e. The van der Waals surface area contributed by atoms with Gasteiger partial charge < -0.3 is 20.3 Å². The van der Waals surface area contributed by atoms with E-state index in [0.717, 1.165) is 64.2 Å². The van der Waals surface area contributed by atoms with Gasteiger partial charge in [0.1, 0.15) is 0 Å². The third kappa shape index (κ3) is 39.8. The molecule has 0 spiro atoms. The maximum atomic E-state index is 12.3. The molecule has 0 aromatic carbocycles. The number of carbonyl (C=O) groups is 2. The van der Waals surface area contributed by atoms with E-state index in [2.05, 4.69) is 43.5 Å². The number of rotatable bonds is 42. The molecule has 1 amide bonds. The summed E-state index contributed by atoms with van der Waals surface area (Å²) in [5.41, 5.74) is 0. The molecule has 0 rings (SSSR count). The number of carbonyl (C=O) groups excluding carboxylic acids is 2. The van der Waals surface area contributed by atoms with Crippen LogP contribution >= 0.6 is 0 Å². The molecule has 2 atom stereocenters. The second-order valence-electron chi connectivity index (χ2n) is 15.7. The third-order valence-corrected chi connectivity index (χ3v) is 10.4. The van der Waals surface area contributed by atoms with E-state index in [1.807, 2.05) is 6.08 Å². The molecule has 2 unspecified atom stereocenters. The highest BCUT2D eigenvalue weighted by Crippen LogP contribution is 2.13. The Morgan fingerprint density at radius 3 is 1.35 bits per heavy atom. The van der Waals surface area contributed by atoms with Gasteiger partial charge in [0, 0.05) is 12.8 Å². The molecule has 0 aliphatic rings. The Morgan fingerprint density at radius 1 is 0.500 bits per heavy atom. The highest BCUT2D eigenvalue weighted by molar-refractivity contribution is 5.76. The zero-order chi connectivity index (χ0) is 39.4. The molecule has 0 saturated heterocycles. The number of ether oxygens (including phenoxy) is 1. The molecule has 0 aliphatic heterocycles. The fourth-order valence-corrected chi connectivity index (χ4v) is 6.74. The van der Waals surface area contributed by atoms with Gasteiger partial charge in [-0.25, -0.2) is 0 Å². The van der Waals surface area contributed by atoms with Crippen LogP contribution in [0.1, 0.15) is 232 Å². The summed E-state index contributed by atoms with van der Waals surface area (Å²) >= 11 is 0. The van der Waals surface area contributed by atoms with Crippen molar-refractivity contribution in [2.75, 3.05) is 13.2 Å². The Morgan fingerprint density at radius 2 is 0.870 bits per heavy atom. The molecule has 0 aromatic heterocycles. The van der Waals surface area contributed by atoms with E-state index in [9.17, 15) is 19.8 Å². The minimum absolute atomic E-state index is 0.0153. The van der Waals surface area contributed by atoms with Crippen molar-refractivity contribution < 1.29 is 24.5 Å². The average molecular weight is 760 g/mol. The smallest absolute Gasteiger partial charge is 0.305 e. The summed E-state index contributed by atoms with van der Waals surface area (Å²) in [7, 11) is 0. The Labute approximate surface area is 334 Å². The molecule has 6 nitrogen and oxygen atoms in total. The number of amides is 1. The van der Waals surface area contributed by atoms with E-state index in [4.69, 9.17) is 4.74 Å². The summed E-state index contributed by atoms with van der Waals surface area (Å²) in [4.78, 5) is 24.3. The van der Waals surface area contributed by atoms with Crippen LogP contribution in [0.5, 0.6) is 0 Å². The van der Waals surface area contributed by atoms with Crippen molar-refractivity contribution in [1.29, 1.82) is 0 Å². The zero-order valence-corrected chi connectivity index (χ0v) is 35.7. The van der Waals surface area contributed by atoms with Crippen molar-refractivity contribution in [1.82, 2.24) is 5.32 Å². The molecule has 0 fully saturated rings. The Kier molecular flexibility index (Phi) is 42.2. The van der Waals surface area contributed by atoms with Crippen LogP contribution in [0.2, 0.25) is 0 Å². The maximum Gasteiger partial charge on any atom is 0.305 e. The summed E-state index contributed by atoms with van der Waals surface area (Å²) in [6, 6.07) is -0.638. The van der Waals surface area contributed by atoms with E-state index in [1.54, 1.807) is 6.08 Å². The predicted molar refractivity (Wildman–Crippen MR) is 232 cm³/mol. The molecule has 54 heavy (non-hydrogen) atoms. The van der Waals surface area contributed by atoms with Gasteiger partial charge >= 0.3 is 5.97 Å². The van der Waals surface area contributed by atoms with Crippen molar-refractivity contribution in [2.24, 2.45) is 0 Å². The molecule has 6 heteroatoms. The Bertz CT molecular complexity index is 884. The lowest BCUT2D eigenvalue weighted by molar-refractivity contribution is -0.143. The highest BCUT2D eigenvalue weighted by atomic mass is 16.5. The van der Waals surface area contributed by atoms with Crippen LogP contribution in [0.25, 0.3) is 0 Å². The first-order chi connectivity index (χ1) is 26.5. The summed E-state index contributed by atoms with van der Waals surface area (Å²) < 4.78 is 5.43. The lowest BCUT2D eigenvalue weighted by Crippen LogP contribution is -2.45. The van der Waals surface area contributed by atoms with Crippen LogP contribution in [-0.2, 0) is 14.3 Å². The maximum absolute atomic E-state index is 12.3. The number of allylic oxidation sites excluding steroid dienone is 5. The van der Waals surface area contributed by atoms with Gasteiger partial charge in [0.25, 0.3) is 0 Å². The van der Waals surface area contributed by atoms with Gasteiger partial charge in [-0.05, 0) is 83.5 Å². The number of nitrogens with one attached hydrogen (secondary N) is 1. The van der Waals surface area contributed by atoms with Crippen LogP contribution in [0.4, 0.5) is 0 Å². The summed E-state index contributed by atoms with van der Waals surface area (Å²) in [6.07, 6.45) is 51.4. The summed E-state index contributed by atoms with van der Waals surface area (Å²) in [5, 5.41) is 22.8. The first-order valence-electron chi connectivity index (χ1n) is 23.3. The Hall–Kier alpha value is -1.92. The topological polar surface area (TPSA) is 95.9 Å². The molecule has 0 saturated carbocycles. The lowest BCUT2D eigenvalue weighted by Gasteiger charge is -2.20. The van der Waals surface area contributed by atoms with Crippen LogP contribution in [0.15, 0.2) is 36.5 Å². The molecular weight excluding hydrogens is 671 g/mol. The number of hydrogen-bond acceptors (Lipinski definition) is 5. The van der Waals surface area contributed by atoms with Gasteiger partial charge in [-0.15, -0.1) is 0 Å². The molecule has 3 N–H and O–H groups in total. The van der Waals surface area contributed by atoms with Gasteiger partial charge in [0.05, 0.1) is 25.4 Å². The van der Waals surface area contributed by atoms with Crippen LogP contribution < -0.4 is 5.32 Å². The first kappa shape index (κ1) is 52.1. The molecule has 316 valence electrons. The fourth-order valence-electron chi connectivity index (χ4n) is 6.74. The molecular formula is C48H89NO5. The van der Waals surface area contributed by atoms with E-state index in [-0.39, 0.29) is 18.5 Å². The summed E-state index contributed by atoms with van der Waals surface area (Å²) in [5.74, 6) is -0.105. The van der Waals surface area contributed by atoms with Crippen molar-refractivity contribution in [3.63, 3.8) is 0 Å². The fraction of sp³-hybridized carbons (Fsp3) is 0.833. The third-order valence-electron chi connectivity index (χ3n) is 10.4. The lowest BCUT2D eigenvalue weighted by atomic mass is 10.1.